The molecular weight excluding hydrogens is 564 g/mol. The Hall–Kier alpha value is -4.89. The minimum atomic E-state index is -1.27. The Balaban J connectivity index is 1.44. The molecule has 4 rings (SSSR count). The van der Waals surface area contributed by atoms with Gasteiger partial charge in [0, 0.05) is 30.5 Å². The molecule has 0 aromatic heterocycles. The minimum absolute atomic E-state index is 0.125. The molecule has 2 aliphatic rings. The maximum Gasteiger partial charge on any atom is 0.337 e. The summed E-state index contributed by atoms with van der Waals surface area (Å²) >= 11 is 0. The first-order chi connectivity index (χ1) is 20.7. The first kappa shape index (κ1) is 31.1. The Bertz CT molecular complexity index is 1410. The topological polar surface area (TPSA) is 186 Å². The SMILES string of the molecule is CCOc1cc([C@@H]2NC(=O)NC(C)=C2C(=O)OC)ccc1OC[C@H](O)N/N=C\c1cc(N2CCOCC2)ccc1[N+](=O)[O-]. The van der Waals surface area contributed by atoms with Crippen LogP contribution >= 0.6 is 0 Å². The molecule has 2 atom stereocenters. The van der Waals surface area contributed by atoms with E-state index in [-0.39, 0.29) is 23.4 Å². The van der Waals surface area contributed by atoms with Crippen LogP contribution in [0.3, 0.4) is 0 Å². The van der Waals surface area contributed by atoms with Gasteiger partial charge in [-0.2, -0.15) is 5.10 Å². The second-order valence-corrected chi connectivity index (χ2v) is 9.51. The number of hydrazone groups is 1. The number of morpholine rings is 1. The normalized spacial score (nSPS) is 17.6. The van der Waals surface area contributed by atoms with Crippen molar-refractivity contribution >= 4 is 29.6 Å². The minimum Gasteiger partial charge on any atom is -0.490 e. The molecular formula is C28H34N6O9. The quantitative estimate of drug-likeness (QED) is 0.0920. The van der Waals surface area contributed by atoms with Crippen LogP contribution in [0.15, 0.2) is 52.8 Å². The van der Waals surface area contributed by atoms with Gasteiger partial charge in [-0.1, -0.05) is 6.07 Å². The van der Waals surface area contributed by atoms with Gasteiger partial charge in [-0.05, 0) is 43.7 Å². The molecule has 0 unspecified atom stereocenters. The van der Waals surface area contributed by atoms with Crippen LogP contribution in [0.25, 0.3) is 0 Å². The van der Waals surface area contributed by atoms with Gasteiger partial charge >= 0.3 is 12.0 Å². The maximum atomic E-state index is 12.4. The van der Waals surface area contributed by atoms with Crippen molar-refractivity contribution in [3.05, 3.63) is 68.9 Å². The fourth-order valence-electron chi connectivity index (χ4n) is 4.64. The summed E-state index contributed by atoms with van der Waals surface area (Å²) in [7, 11) is 1.26. The summed E-state index contributed by atoms with van der Waals surface area (Å²) in [6.07, 6.45) is 0.0000656. The number of amides is 2. The van der Waals surface area contributed by atoms with Gasteiger partial charge in [0.25, 0.3) is 5.69 Å². The lowest BCUT2D eigenvalue weighted by Gasteiger charge is -2.28. The highest BCUT2D eigenvalue weighted by Gasteiger charge is 2.32. The summed E-state index contributed by atoms with van der Waals surface area (Å²) < 4.78 is 21.7. The molecule has 43 heavy (non-hydrogen) atoms. The van der Waals surface area contributed by atoms with E-state index in [1.807, 2.05) is 0 Å². The van der Waals surface area contributed by atoms with E-state index in [0.29, 0.717) is 55.7 Å². The molecule has 0 radical (unpaired) electrons. The fourth-order valence-corrected chi connectivity index (χ4v) is 4.64. The van der Waals surface area contributed by atoms with Crippen LogP contribution in [0.2, 0.25) is 0 Å². The number of hydrogen-bond donors (Lipinski definition) is 4. The number of nitrogens with zero attached hydrogens (tertiary/aromatic N) is 3. The number of allylic oxidation sites excluding steroid dienone is 1. The number of nitrogens with one attached hydrogen (secondary N) is 3. The molecule has 4 N–H and O–H groups in total. The van der Waals surface area contributed by atoms with E-state index in [4.69, 9.17) is 18.9 Å². The monoisotopic (exact) mass is 598 g/mol. The van der Waals surface area contributed by atoms with Crippen LogP contribution in [-0.2, 0) is 14.3 Å². The van der Waals surface area contributed by atoms with Crippen molar-refractivity contribution in [1.82, 2.24) is 16.1 Å². The second kappa shape index (κ2) is 14.3. The van der Waals surface area contributed by atoms with Gasteiger partial charge < -0.3 is 39.6 Å². The van der Waals surface area contributed by atoms with E-state index in [9.17, 15) is 24.8 Å². The van der Waals surface area contributed by atoms with E-state index < -0.39 is 29.2 Å². The standard InChI is InChI=1S/C28H34N6O9/c1-4-42-23-14-18(26-25(27(36)40-3)17(2)30-28(37)31-26)5-8-22(23)43-16-24(35)32-29-15-19-13-20(6-7-21(19)34(38)39)33-9-11-41-12-10-33/h5-8,13-15,24,26,32,35H,4,9-12,16H2,1-3H3,(H2,30,31,37)/b29-15-/t24-,26-/m0/s1. The zero-order valence-electron chi connectivity index (χ0n) is 24.0. The van der Waals surface area contributed by atoms with E-state index in [1.54, 1.807) is 44.2 Å². The summed E-state index contributed by atoms with van der Waals surface area (Å²) in [5, 5.41) is 31.2. The summed E-state index contributed by atoms with van der Waals surface area (Å²) in [6, 6.07) is 8.39. The summed E-state index contributed by atoms with van der Waals surface area (Å²) in [5.74, 6) is 0.0203. The number of aliphatic hydroxyl groups excluding tert-OH is 1. The van der Waals surface area contributed by atoms with Gasteiger partial charge in [0.15, 0.2) is 17.7 Å². The number of nitro benzene ring substituents is 1. The average molecular weight is 599 g/mol. The highest BCUT2D eigenvalue weighted by Crippen LogP contribution is 2.35. The first-order valence-electron chi connectivity index (χ1n) is 13.6. The molecule has 15 heteroatoms. The molecule has 230 valence electrons. The van der Waals surface area contributed by atoms with E-state index >= 15 is 0 Å². The number of rotatable bonds is 12. The van der Waals surface area contributed by atoms with Crippen LogP contribution in [0, 0.1) is 10.1 Å². The zero-order chi connectivity index (χ0) is 30.9. The van der Waals surface area contributed by atoms with Crippen molar-refractivity contribution < 1.29 is 38.6 Å². The number of urea groups is 1. The number of methoxy groups -OCH3 is 1. The highest BCUT2D eigenvalue weighted by atomic mass is 16.6. The number of carbonyl (C=O) groups is 2. The summed E-state index contributed by atoms with van der Waals surface area (Å²) in [6.45, 7) is 5.92. The Morgan fingerprint density at radius 3 is 2.72 bits per heavy atom. The van der Waals surface area contributed by atoms with Crippen molar-refractivity contribution in [3.63, 3.8) is 0 Å². The Morgan fingerprint density at radius 2 is 2.02 bits per heavy atom. The number of carbonyl (C=O) groups excluding carboxylic acids is 2. The number of benzene rings is 2. The molecule has 2 heterocycles. The number of ether oxygens (including phenoxy) is 4. The van der Waals surface area contributed by atoms with Gasteiger partial charge in [-0.15, -0.1) is 0 Å². The van der Waals surface area contributed by atoms with E-state index in [1.165, 1.54) is 19.4 Å². The first-order valence-corrected chi connectivity index (χ1v) is 13.6. The lowest BCUT2D eigenvalue weighted by Crippen LogP contribution is -2.45. The average Bonchev–Trinajstić information content (AvgIpc) is 3.00. The van der Waals surface area contributed by atoms with Crippen LogP contribution < -0.4 is 30.4 Å². The number of hydrogen-bond acceptors (Lipinski definition) is 12. The van der Waals surface area contributed by atoms with Gasteiger partial charge in [-0.3, -0.25) is 15.5 Å². The number of nitro groups is 1. The van der Waals surface area contributed by atoms with Crippen LogP contribution in [0.4, 0.5) is 16.2 Å². The third kappa shape index (κ3) is 7.69. The second-order valence-electron chi connectivity index (χ2n) is 9.51. The largest absolute Gasteiger partial charge is 0.490 e. The van der Waals surface area contributed by atoms with Crippen molar-refractivity contribution in [2.24, 2.45) is 5.10 Å². The smallest absolute Gasteiger partial charge is 0.337 e. The van der Waals surface area contributed by atoms with Crippen molar-refractivity contribution in [1.29, 1.82) is 0 Å². The van der Waals surface area contributed by atoms with Crippen LogP contribution in [-0.4, -0.2) is 81.1 Å². The Morgan fingerprint density at radius 1 is 1.26 bits per heavy atom. The van der Waals surface area contributed by atoms with E-state index in [2.05, 4.69) is 26.1 Å². The zero-order valence-corrected chi connectivity index (χ0v) is 24.0. The molecule has 2 amide bonds. The van der Waals surface area contributed by atoms with Gasteiger partial charge in [0.2, 0.25) is 0 Å². The van der Waals surface area contributed by atoms with Gasteiger partial charge in [0.05, 0.1) is 55.2 Å². The molecule has 2 aliphatic heterocycles. The van der Waals surface area contributed by atoms with Gasteiger partial charge in [-0.25, -0.2) is 9.59 Å². The number of anilines is 1. The molecule has 1 fully saturated rings. The van der Waals surface area contributed by atoms with Crippen LogP contribution in [0.5, 0.6) is 11.5 Å². The summed E-state index contributed by atoms with van der Waals surface area (Å²) in [5.41, 5.74) is 4.61. The fraction of sp³-hybridized carbons (Fsp3) is 0.393. The molecule has 1 saturated heterocycles. The molecule has 2 aromatic rings. The molecule has 0 aliphatic carbocycles. The summed E-state index contributed by atoms with van der Waals surface area (Å²) in [4.78, 5) is 37.7. The highest BCUT2D eigenvalue weighted by molar-refractivity contribution is 5.95. The third-order valence-corrected chi connectivity index (χ3v) is 6.68. The van der Waals surface area contributed by atoms with Crippen molar-refractivity contribution in [3.8, 4) is 11.5 Å². The Kier molecular flexibility index (Phi) is 10.3. The molecule has 2 aromatic carbocycles. The molecule has 0 bridgehead atoms. The predicted octanol–water partition coefficient (Wildman–Crippen LogP) is 1.95. The molecule has 0 saturated carbocycles. The van der Waals surface area contributed by atoms with Gasteiger partial charge in [0.1, 0.15) is 6.61 Å². The lowest BCUT2D eigenvalue weighted by molar-refractivity contribution is -0.385. The van der Waals surface area contributed by atoms with Crippen molar-refractivity contribution in [2.75, 3.05) is 51.5 Å². The third-order valence-electron chi connectivity index (χ3n) is 6.68. The molecule has 15 nitrogen and oxygen atoms in total. The van der Waals surface area contributed by atoms with Crippen LogP contribution in [0.1, 0.15) is 31.0 Å². The van der Waals surface area contributed by atoms with E-state index in [0.717, 1.165) is 5.69 Å². The lowest BCUT2D eigenvalue weighted by atomic mass is 9.95. The van der Waals surface area contributed by atoms with Crippen molar-refractivity contribution in [2.45, 2.75) is 26.1 Å². The predicted molar refractivity (Wildman–Crippen MR) is 155 cm³/mol. The number of esters is 1. The molecule has 0 spiro atoms. The number of aliphatic hydroxyl groups is 1. The Labute approximate surface area is 247 Å². The maximum absolute atomic E-state index is 12.4.